The molecule has 0 heterocycles. The van der Waals surface area contributed by atoms with Crippen molar-refractivity contribution in [1.29, 1.82) is 0 Å². The summed E-state index contributed by atoms with van der Waals surface area (Å²) in [5, 5.41) is 8.48. The van der Waals surface area contributed by atoms with Crippen molar-refractivity contribution in [1.82, 2.24) is 0 Å². The van der Waals surface area contributed by atoms with E-state index in [1.54, 1.807) is 53.3 Å². The zero-order valence-corrected chi connectivity index (χ0v) is 39.9. The standard InChI is InChI=1S/C25H40O9S.C18H34O9S/c1-25(2,3)34-24(27)32-18-17-31-16-15-30-14-13-29-12-11-28-10-7-19-35-21-23(26)33-20-22-8-5-4-6-9-22;1-18(2,3)27-17(21)26-13-12-25-11-10-24-9-8-23-7-6-22-5-4-14-28-15-16(19)20/h4-6,8-9H,7,10-21H2,1-3H3;4-15H2,1-3H3,(H,19,20). The molecule has 0 aliphatic rings. The lowest BCUT2D eigenvalue weighted by molar-refractivity contribution is -0.141. The maximum atomic E-state index is 11.7. The molecule has 0 atom stereocenters. The zero-order valence-electron chi connectivity index (χ0n) is 38.3. The first kappa shape index (κ1) is 60.1. The normalized spacial score (nSPS) is 11.3. The van der Waals surface area contributed by atoms with Gasteiger partial charge in [-0.1, -0.05) is 30.3 Å². The maximum absolute atomic E-state index is 11.7. The van der Waals surface area contributed by atoms with Crippen LogP contribution in [0.15, 0.2) is 30.3 Å². The number of aliphatic carboxylic acids is 1. The summed E-state index contributed by atoms with van der Waals surface area (Å²) >= 11 is 2.93. The highest BCUT2D eigenvalue weighted by Crippen LogP contribution is 2.09. The van der Waals surface area contributed by atoms with Gasteiger partial charge in [-0.05, 0) is 71.5 Å². The molecular formula is C43H74O18S2. The first-order valence-corrected chi connectivity index (χ1v) is 23.4. The first-order valence-electron chi connectivity index (χ1n) is 21.1. The fourth-order valence-corrected chi connectivity index (χ4v) is 5.43. The number of hydrogen-bond acceptors (Lipinski definition) is 19. The topological polar surface area (TPSA) is 208 Å². The number of carbonyl (C=O) groups is 4. The van der Waals surface area contributed by atoms with Crippen molar-refractivity contribution < 1.29 is 85.9 Å². The average Bonchev–Trinajstić information content (AvgIpc) is 3.21. The minimum atomic E-state index is -0.791. The van der Waals surface area contributed by atoms with Gasteiger partial charge in [0.1, 0.15) is 31.0 Å². The summed E-state index contributed by atoms with van der Waals surface area (Å²) in [4.78, 5) is 44.6. The zero-order chi connectivity index (χ0) is 46.7. The van der Waals surface area contributed by atoms with Gasteiger partial charge in [-0.3, -0.25) is 9.59 Å². The summed E-state index contributed by atoms with van der Waals surface area (Å²) in [6.07, 6.45) is 0.284. The number of benzene rings is 1. The smallest absolute Gasteiger partial charge is 0.481 e. The molecule has 0 spiro atoms. The van der Waals surface area contributed by atoms with E-state index in [1.165, 1.54) is 11.8 Å². The van der Waals surface area contributed by atoms with E-state index in [2.05, 4.69) is 0 Å². The highest BCUT2D eigenvalue weighted by molar-refractivity contribution is 8.00. The molecule has 0 amide bonds. The Morgan fingerprint density at radius 2 is 0.794 bits per heavy atom. The first-order chi connectivity index (χ1) is 30.2. The Morgan fingerprint density at radius 1 is 0.460 bits per heavy atom. The Kier molecular flexibility index (Phi) is 39.8. The Morgan fingerprint density at radius 3 is 1.14 bits per heavy atom. The third-order valence-corrected chi connectivity index (χ3v) is 8.79. The predicted octanol–water partition coefficient (Wildman–Crippen LogP) is 6.08. The van der Waals surface area contributed by atoms with Crippen molar-refractivity contribution in [2.45, 2.75) is 72.2 Å². The largest absolute Gasteiger partial charge is 0.508 e. The van der Waals surface area contributed by atoms with Gasteiger partial charge in [0.05, 0.1) is 104 Å². The van der Waals surface area contributed by atoms with Crippen LogP contribution in [0.25, 0.3) is 0 Å². The van der Waals surface area contributed by atoms with Gasteiger partial charge in [-0.15, -0.1) is 0 Å². The molecule has 0 fully saturated rings. The summed E-state index contributed by atoms with van der Waals surface area (Å²) in [7, 11) is 0. The lowest BCUT2D eigenvalue weighted by Crippen LogP contribution is -2.25. The summed E-state index contributed by atoms with van der Waals surface area (Å²) in [5.74, 6) is 1.10. The molecule has 1 aromatic rings. The summed E-state index contributed by atoms with van der Waals surface area (Å²) < 4.78 is 68.0. The highest BCUT2D eigenvalue weighted by Gasteiger charge is 2.18. The van der Waals surface area contributed by atoms with Crippen molar-refractivity contribution >= 4 is 47.8 Å². The minimum absolute atomic E-state index is 0.133. The van der Waals surface area contributed by atoms with Crippen LogP contribution in [0.4, 0.5) is 9.59 Å². The molecule has 63 heavy (non-hydrogen) atoms. The molecule has 0 aliphatic carbocycles. The Bertz CT molecular complexity index is 1250. The summed E-state index contributed by atoms with van der Waals surface area (Å²) in [6.45, 7) is 18.6. The van der Waals surface area contributed by atoms with Crippen molar-refractivity contribution in [2.24, 2.45) is 0 Å². The van der Waals surface area contributed by atoms with Crippen molar-refractivity contribution in [3.05, 3.63) is 35.9 Å². The van der Waals surface area contributed by atoms with Gasteiger partial charge in [0.2, 0.25) is 0 Å². The van der Waals surface area contributed by atoms with Crippen molar-refractivity contribution in [3.63, 3.8) is 0 Å². The number of esters is 1. The summed E-state index contributed by atoms with van der Waals surface area (Å²) in [6, 6.07) is 9.64. The van der Waals surface area contributed by atoms with Crippen LogP contribution in [0.1, 0.15) is 59.9 Å². The second kappa shape index (κ2) is 41.8. The van der Waals surface area contributed by atoms with Crippen LogP contribution in [0.2, 0.25) is 0 Å². The molecule has 0 radical (unpaired) electrons. The van der Waals surface area contributed by atoms with Gasteiger partial charge in [0.25, 0.3) is 0 Å². The summed E-state index contributed by atoms with van der Waals surface area (Å²) in [5.41, 5.74) is -0.148. The predicted molar refractivity (Wildman–Crippen MR) is 239 cm³/mol. The number of thioether (sulfide) groups is 2. The monoisotopic (exact) mass is 942 g/mol. The van der Waals surface area contributed by atoms with E-state index in [0.29, 0.717) is 105 Å². The van der Waals surface area contributed by atoms with Crippen LogP contribution < -0.4 is 0 Å². The van der Waals surface area contributed by atoms with E-state index in [-0.39, 0.29) is 38.1 Å². The molecule has 18 nitrogen and oxygen atoms in total. The quantitative estimate of drug-likeness (QED) is 0.0452. The van der Waals surface area contributed by atoms with E-state index in [4.69, 9.17) is 66.7 Å². The Balaban J connectivity index is 0.00000125. The van der Waals surface area contributed by atoms with Crippen LogP contribution in [-0.4, -0.2) is 182 Å². The number of carboxylic acids is 1. The van der Waals surface area contributed by atoms with Crippen molar-refractivity contribution in [3.8, 4) is 0 Å². The molecular weight excluding hydrogens is 869 g/mol. The van der Waals surface area contributed by atoms with Crippen LogP contribution >= 0.6 is 23.5 Å². The van der Waals surface area contributed by atoms with Gasteiger partial charge >= 0.3 is 24.2 Å². The van der Waals surface area contributed by atoms with E-state index in [0.717, 1.165) is 29.9 Å². The number of hydrogen-bond donors (Lipinski definition) is 1. The van der Waals surface area contributed by atoms with E-state index < -0.39 is 29.5 Å². The second-order valence-electron chi connectivity index (χ2n) is 14.9. The molecule has 1 rings (SSSR count). The van der Waals surface area contributed by atoms with E-state index >= 15 is 0 Å². The lowest BCUT2D eigenvalue weighted by atomic mass is 10.2. The van der Waals surface area contributed by atoms with Gasteiger partial charge in [-0.2, -0.15) is 23.5 Å². The molecule has 1 N–H and O–H groups in total. The fraction of sp³-hybridized carbons (Fsp3) is 0.767. The molecule has 1 aromatic carbocycles. The van der Waals surface area contributed by atoms with Crippen LogP contribution in [0.5, 0.6) is 0 Å². The van der Waals surface area contributed by atoms with Crippen molar-refractivity contribution in [2.75, 3.05) is 142 Å². The molecule has 0 bridgehead atoms. The highest BCUT2D eigenvalue weighted by atomic mass is 32.2. The van der Waals surface area contributed by atoms with Crippen LogP contribution in [0, 0.1) is 0 Å². The molecule has 0 saturated heterocycles. The molecule has 366 valence electrons. The maximum Gasteiger partial charge on any atom is 0.508 e. The molecule has 0 aromatic heterocycles. The number of ether oxygens (including phenoxy) is 13. The Hall–Kier alpha value is -2.92. The fourth-order valence-electron chi connectivity index (χ4n) is 4.07. The van der Waals surface area contributed by atoms with Gasteiger partial charge in [0.15, 0.2) is 0 Å². The molecule has 0 saturated carbocycles. The van der Waals surface area contributed by atoms with E-state index in [9.17, 15) is 19.2 Å². The molecule has 0 unspecified atom stereocenters. The third kappa shape index (κ3) is 49.9. The SMILES string of the molecule is CC(C)(C)OC(=O)OCCOCCOCCOCCOCCCSCC(=O)O.CC(C)(C)OC(=O)OCCOCCOCCOCCOCCCSCC(=O)OCc1ccccc1. The van der Waals surface area contributed by atoms with Crippen LogP contribution in [-0.2, 0) is 77.8 Å². The average molecular weight is 943 g/mol. The lowest BCUT2D eigenvalue weighted by Gasteiger charge is -2.18. The molecule has 0 aliphatic heterocycles. The van der Waals surface area contributed by atoms with Gasteiger partial charge in [-0.25, -0.2) is 9.59 Å². The van der Waals surface area contributed by atoms with E-state index in [1.807, 2.05) is 30.3 Å². The number of rotatable bonds is 38. The third-order valence-electron chi connectivity index (χ3n) is 6.75. The van der Waals surface area contributed by atoms with Gasteiger partial charge < -0.3 is 66.7 Å². The number of carbonyl (C=O) groups excluding carboxylic acids is 3. The van der Waals surface area contributed by atoms with Gasteiger partial charge in [0, 0.05) is 13.2 Å². The molecule has 20 heteroatoms. The van der Waals surface area contributed by atoms with Crippen LogP contribution in [0.3, 0.4) is 0 Å². The number of carboxylic acid groups (broad SMARTS) is 1. The Labute approximate surface area is 382 Å². The minimum Gasteiger partial charge on any atom is -0.481 e. The second-order valence-corrected chi connectivity index (χ2v) is 17.1.